The van der Waals surface area contributed by atoms with Crippen LogP contribution in [0.1, 0.15) is 32.4 Å². The van der Waals surface area contributed by atoms with E-state index in [1.54, 1.807) is 28.3 Å². The smallest absolute Gasteiger partial charge is 0.243 e. The molecule has 0 aromatic heterocycles. The molecule has 1 amide bonds. The van der Waals surface area contributed by atoms with E-state index in [2.05, 4.69) is 29.5 Å². The van der Waals surface area contributed by atoms with Crippen LogP contribution in [0.4, 0.5) is 0 Å². The zero-order valence-electron chi connectivity index (χ0n) is 17.3. The molecule has 8 heteroatoms. The molecule has 0 radical (unpaired) electrons. The van der Waals surface area contributed by atoms with Gasteiger partial charge in [-0.1, -0.05) is 13.8 Å². The van der Waals surface area contributed by atoms with Crippen LogP contribution < -0.4 is 20.1 Å². The molecule has 0 aliphatic heterocycles. The van der Waals surface area contributed by atoms with Gasteiger partial charge in [-0.3, -0.25) is 4.79 Å². The molecule has 0 saturated heterocycles. The summed E-state index contributed by atoms with van der Waals surface area (Å²) in [6.07, 6.45) is 0. The molecule has 0 spiro atoms. The SMILES string of the molecule is COc1ccc(OC)c(C(C)NC(=NCC(=O)N(C)C)NCC(C)C)c1.I. The van der Waals surface area contributed by atoms with Crippen LogP contribution in [0.5, 0.6) is 11.5 Å². The number of carbonyl (C=O) groups excluding carboxylic acids is 1. The molecule has 1 aromatic carbocycles. The largest absolute Gasteiger partial charge is 0.497 e. The maximum atomic E-state index is 11.9. The fourth-order valence-electron chi connectivity index (χ4n) is 2.20. The average molecular weight is 492 g/mol. The van der Waals surface area contributed by atoms with Gasteiger partial charge in [-0.25, -0.2) is 4.99 Å². The lowest BCUT2D eigenvalue weighted by Crippen LogP contribution is -2.41. The van der Waals surface area contributed by atoms with Crippen molar-refractivity contribution in [3.05, 3.63) is 23.8 Å². The van der Waals surface area contributed by atoms with Crippen LogP contribution >= 0.6 is 24.0 Å². The third kappa shape index (κ3) is 8.68. The van der Waals surface area contributed by atoms with Gasteiger partial charge in [-0.05, 0) is 31.0 Å². The van der Waals surface area contributed by atoms with Crippen LogP contribution in [0, 0.1) is 5.92 Å². The predicted octanol–water partition coefficient (Wildman–Crippen LogP) is 2.66. The number of amides is 1. The number of nitrogens with zero attached hydrogens (tertiary/aromatic N) is 2. The molecule has 0 fully saturated rings. The molecule has 7 nitrogen and oxygen atoms in total. The molecular weight excluding hydrogens is 459 g/mol. The fraction of sp³-hybridized carbons (Fsp3) is 0.579. The summed E-state index contributed by atoms with van der Waals surface area (Å²) in [4.78, 5) is 17.8. The highest BCUT2D eigenvalue weighted by molar-refractivity contribution is 14.0. The normalized spacial score (nSPS) is 12.1. The lowest BCUT2D eigenvalue weighted by Gasteiger charge is -2.22. The zero-order chi connectivity index (χ0) is 19.7. The first-order valence-corrected chi connectivity index (χ1v) is 8.75. The highest BCUT2D eigenvalue weighted by Gasteiger charge is 2.15. The van der Waals surface area contributed by atoms with E-state index in [9.17, 15) is 4.79 Å². The maximum Gasteiger partial charge on any atom is 0.243 e. The maximum absolute atomic E-state index is 11.9. The highest BCUT2D eigenvalue weighted by Crippen LogP contribution is 2.29. The van der Waals surface area contributed by atoms with Crippen LogP contribution in [0.3, 0.4) is 0 Å². The lowest BCUT2D eigenvalue weighted by molar-refractivity contribution is -0.127. The summed E-state index contributed by atoms with van der Waals surface area (Å²) < 4.78 is 10.8. The third-order valence-electron chi connectivity index (χ3n) is 3.81. The molecule has 1 rings (SSSR count). The third-order valence-corrected chi connectivity index (χ3v) is 3.81. The first-order valence-electron chi connectivity index (χ1n) is 8.75. The van der Waals surface area contributed by atoms with Crippen molar-refractivity contribution in [1.29, 1.82) is 0 Å². The van der Waals surface area contributed by atoms with Crippen molar-refractivity contribution in [1.82, 2.24) is 15.5 Å². The molecular formula is C19H33IN4O3. The van der Waals surface area contributed by atoms with E-state index in [1.165, 1.54) is 4.90 Å². The molecule has 0 bridgehead atoms. The molecule has 0 heterocycles. The second kappa shape index (κ2) is 12.6. The van der Waals surface area contributed by atoms with Gasteiger partial charge in [0.25, 0.3) is 0 Å². The van der Waals surface area contributed by atoms with Gasteiger partial charge in [0.1, 0.15) is 18.0 Å². The Kier molecular flexibility index (Phi) is 11.8. The van der Waals surface area contributed by atoms with E-state index in [0.29, 0.717) is 11.9 Å². The number of benzene rings is 1. The number of nitrogens with one attached hydrogen (secondary N) is 2. The van der Waals surface area contributed by atoms with E-state index in [-0.39, 0.29) is 42.5 Å². The molecule has 27 heavy (non-hydrogen) atoms. The van der Waals surface area contributed by atoms with Crippen molar-refractivity contribution in [2.24, 2.45) is 10.9 Å². The number of ether oxygens (including phenoxy) is 2. The summed E-state index contributed by atoms with van der Waals surface area (Å²) in [6.45, 7) is 7.08. The van der Waals surface area contributed by atoms with E-state index in [1.807, 2.05) is 25.1 Å². The molecule has 0 aliphatic rings. The monoisotopic (exact) mass is 492 g/mol. The summed E-state index contributed by atoms with van der Waals surface area (Å²) in [6, 6.07) is 5.58. The molecule has 1 atom stereocenters. The van der Waals surface area contributed by atoms with Gasteiger partial charge < -0.3 is 25.0 Å². The van der Waals surface area contributed by atoms with E-state index in [4.69, 9.17) is 9.47 Å². The van der Waals surface area contributed by atoms with Crippen LogP contribution in [0.2, 0.25) is 0 Å². The number of halogens is 1. The Morgan fingerprint density at radius 2 is 1.85 bits per heavy atom. The van der Waals surface area contributed by atoms with Gasteiger partial charge in [-0.15, -0.1) is 24.0 Å². The van der Waals surface area contributed by atoms with Gasteiger partial charge in [0, 0.05) is 26.2 Å². The zero-order valence-corrected chi connectivity index (χ0v) is 19.7. The lowest BCUT2D eigenvalue weighted by atomic mass is 10.1. The number of likely N-dealkylation sites (N-methyl/N-ethyl adjacent to an activating group) is 1. The number of carbonyl (C=O) groups is 1. The van der Waals surface area contributed by atoms with Crippen molar-refractivity contribution in [3.8, 4) is 11.5 Å². The summed E-state index contributed by atoms with van der Waals surface area (Å²) in [5.41, 5.74) is 0.949. The molecule has 1 aromatic rings. The highest BCUT2D eigenvalue weighted by atomic mass is 127. The Balaban J connectivity index is 0.00000676. The van der Waals surface area contributed by atoms with Crippen LogP contribution in [0.15, 0.2) is 23.2 Å². The van der Waals surface area contributed by atoms with Crippen molar-refractivity contribution in [3.63, 3.8) is 0 Å². The summed E-state index contributed by atoms with van der Waals surface area (Å²) in [7, 11) is 6.71. The number of guanidine groups is 1. The number of hydrogen-bond donors (Lipinski definition) is 2. The minimum atomic E-state index is -0.0899. The fourth-order valence-corrected chi connectivity index (χ4v) is 2.20. The Morgan fingerprint density at radius 1 is 1.19 bits per heavy atom. The van der Waals surface area contributed by atoms with Crippen LogP contribution in [-0.4, -0.2) is 58.2 Å². The van der Waals surface area contributed by atoms with Gasteiger partial charge in [0.15, 0.2) is 5.96 Å². The topological polar surface area (TPSA) is 75.2 Å². The summed E-state index contributed by atoms with van der Waals surface area (Å²) in [5, 5.41) is 6.62. The Hall–Kier alpha value is -1.71. The van der Waals surface area contributed by atoms with Gasteiger partial charge in [0.2, 0.25) is 5.91 Å². The average Bonchev–Trinajstić information content (AvgIpc) is 2.62. The Bertz CT molecular complexity index is 621. The Labute approximate surface area is 179 Å². The van der Waals surface area contributed by atoms with Gasteiger partial charge in [-0.2, -0.15) is 0 Å². The first kappa shape index (κ1) is 25.3. The molecule has 0 saturated carbocycles. The minimum Gasteiger partial charge on any atom is -0.497 e. The van der Waals surface area contributed by atoms with Crippen molar-refractivity contribution >= 4 is 35.8 Å². The van der Waals surface area contributed by atoms with Gasteiger partial charge in [0.05, 0.1) is 20.3 Å². The van der Waals surface area contributed by atoms with E-state index < -0.39 is 0 Å². The van der Waals surface area contributed by atoms with Gasteiger partial charge >= 0.3 is 0 Å². The second-order valence-electron chi connectivity index (χ2n) is 6.70. The molecule has 2 N–H and O–H groups in total. The summed E-state index contributed by atoms with van der Waals surface area (Å²) in [5.74, 6) is 2.51. The second-order valence-corrected chi connectivity index (χ2v) is 6.70. The number of rotatable bonds is 8. The van der Waals surface area contributed by atoms with Crippen molar-refractivity contribution in [2.45, 2.75) is 26.8 Å². The Morgan fingerprint density at radius 3 is 2.37 bits per heavy atom. The molecule has 0 aliphatic carbocycles. The van der Waals surface area contributed by atoms with E-state index in [0.717, 1.165) is 23.6 Å². The number of hydrogen-bond acceptors (Lipinski definition) is 4. The predicted molar refractivity (Wildman–Crippen MR) is 120 cm³/mol. The summed E-state index contributed by atoms with van der Waals surface area (Å²) >= 11 is 0. The van der Waals surface area contributed by atoms with Crippen LogP contribution in [0.25, 0.3) is 0 Å². The molecule has 1 unspecified atom stereocenters. The number of aliphatic imine (C=N–C) groups is 1. The molecule has 154 valence electrons. The van der Waals surface area contributed by atoms with Crippen molar-refractivity contribution < 1.29 is 14.3 Å². The quantitative estimate of drug-likeness (QED) is 0.332. The standard InChI is InChI=1S/C19H32N4O3.HI/c1-13(2)11-20-19(21-12-18(24)23(4)5)22-14(3)16-10-15(25-6)8-9-17(16)26-7;/h8-10,13-14H,11-12H2,1-7H3,(H2,20,21,22);1H. The van der Waals surface area contributed by atoms with Crippen LogP contribution in [-0.2, 0) is 4.79 Å². The van der Waals surface area contributed by atoms with Crippen molar-refractivity contribution in [2.75, 3.05) is 41.4 Å². The first-order chi connectivity index (χ1) is 12.3. The van der Waals surface area contributed by atoms with E-state index >= 15 is 0 Å². The minimum absolute atomic E-state index is 0. The number of methoxy groups -OCH3 is 2.